The first-order valence-corrected chi connectivity index (χ1v) is 10.8. The van der Waals surface area contributed by atoms with Gasteiger partial charge in [0.25, 0.3) is 0 Å². The Kier molecular flexibility index (Phi) is 4.54. The third kappa shape index (κ3) is 3.12. The number of aromatic nitrogens is 2. The molecule has 0 spiro atoms. The third-order valence-corrected chi connectivity index (χ3v) is 7.39. The van der Waals surface area contributed by atoms with Gasteiger partial charge in [-0.05, 0) is 55.2 Å². The lowest BCUT2D eigenvalue weighted by molar-refractivity contribution is -0.0000723. The van der Waals surface area contributed by atoms with E-state index >= 15 is 0 Å². The summed E-state index contributed by atoms with van der Waals surface area (Å²) in [4.78, 5) is 8.93. The Hall–Kier alpha value is -1.69. The minimum atomic E-state index is 0.268. The van der Waals surface area contributed by atoms with Crippen molar-refractivity contribution in [2.75, 3.05) is 20.2 Å². The van der Waals surface area contributed by atoms with Gasteiger partial charge in [0.15, 0.2) is 0 Å². The summed E-state index contributed by atoms with van der Waals surface area (Å²) in [5.74, 6) is 2.61. The first kappa shape index (κ1) is 17.4. The lowest BCUT2D eigenvalue weighted by Gasteiger charge is -2.38. The van der Waals surface area contributed by atoms with E-state index in [0.717, 1.165) is 36.1 Å². The second kappa shape index (κ2) is 7.04. The van der Waals surface area contributed by atoms with Gasteiger partial charge in [-0.25, -0.2) is 4.98 Å². The van der Waals surface area contributed by atoms with Crippen LogP contribution in [-0.2, 0) is 11.3 Å². The summed E-state index contributed by atoms with van der Waals surface area (Å²) in [6.07, 6.45) is 2.61. The number of nitrogens with zero attached hydrogens (tertiary/aromatic N) is 3. The lowest BCUT2D eigenvalue weighted by atomic mass is 9.77. The van der Waals surface area contributed by atoms with Gasteiger partial charge < -0.3 is 9.30 Å². The number of imidazole rings is 1. The molecule has 2 aliphatic rings. The van der Waals surface area contributed by atoms with Gasteiger partial charge in [0, 0.05) is 31.6 Å². The SMILES string of the molecule is CO[C@H]1C[C@@H]2CN(Cc3cccs3)C[C@@H]2C[C@@H]1n1c(C)nc2ccccc21. The fourth-order valence-corrected chi connectivity index (χ4v) is 6.09. The van der Waals surface area contributed by atoms with Gasteiger partial charge in [0.1, 0.15) is 5.82 Å². The highest BCUT2D eigenvalue weighted by Gasteiger charge is 2.43. The Morgan fingerprint density at radius 2 is 1.93 bits per heavy atom. The minimum Gasteiger partial charge on any atom is -0.379 e. The van der Waals surface area contributed by atoms with E-state index in [1.807, 2.05) is 18.4 Å². The summed E-state index contributed by atoms with van der Waals surface area (Å²) in [6, 6.07) is 13.3. The van der Waals surface area contributed by atoms with Crippen LogP contribution in [0.2, 0.25) is 0 Å². The van der Waals surface area contributed by atoms with E-state index in [1.165, 1.54) is 29.9 Å². The molecule has 5 heteroatoms. The Bertz CT molecular complexity index is 919. The highest BCUT2D eigenvalue weighted by molar-refractivity contribution is 7.09. The van der Waals surface area contributed by atoms with Gasteiger partial charge in [-0.1, -0.05) is 18.2 Å². The number of ether oxygens (including phenoxy) is 1. The van der Waals surface area contributed by atoms with Gasteiger partial charge in [-0.3, -0.25) is 4.90 Å². The number of fused-ring (bicyclic) bond motifs is 2. The van der Waals surface area contributed by atoms with Gasteiger partial charge in [-0.15, -0.1) is 11.3 Å². The Labute approximate surface area is 164 Å². The molecule has 5 rings (SSSR count). The second-order valence-corrected chi connectivity index (χ2v) is 9.16. The molecule has 0 radical (unpaired) electrons. The second-order valence-electron chi connectivity index (χ2n) is 8.12. The Morgan fingerprint density at radius 1 is 1.11 bits per heavy atom. The molecule has 142 valence electrons. The summed E-state index contributed by atoms with van der Waals surface area (Å²) in [6.45, 7) is 5.65. The van der Waals surface area contributed by atoms with E-state index in [4.69, 9.17) is 9.72 Å². The largest absolute Gasteiger partial charge is 0.379 e. The summed E-state index contributed by atoms with van der Waals surface area (Å²) in [5, 5.41) is 2.18. The maximum atomic E-state index is 6.02. The van der Waals surface area contributed by atoms with Crippen LogP contribution in [0.3, 0.4) is 0 Å². The first-order valence-electron chi connectivity index (χ1n) is 9.94. The van der Waals surface area contributed by atoms with Crippen LogP contribution in [-0.4, -0.2) is 40.8 Å². The van der Waals surface area contributed by atoms with Crippen molar-refractivity contribution in [3.05, 3.63) is 52.5 Å². The van der Waals surface area contributed by atoms with E-state index in [-0.39, 0.29) is 6.10 Å². The number of methoxy groups -OCH3 is 1. The molecule has 2 aromatic heterocycles. The van der Waals surface area contributed by atoms with E-state index in [2.05, 4.69) is 58.2 Å². The topological polar surface area (TPSA) is 30.3 Å². The van der Waals surface area contributed by atoms with Crippen LogP contribution in [0.15, 0.2) is 41.8 Å². The zero-order valence-corrected chi connectivity index (χ0v) is 16.9. The molecule has 1 aliphatic carbocycles. The number of likely N-dealkylation sites (tertiary alicyclic amines) is 1. The van der Waals surface area contributed by atoms with Gasteiger partial charge in [0.05, 0.1) is 23.2 Å². The van der Waals surface area contributed by atoms with E-state index in [9.17, 15) is 0 Å². The molecule has 2 fully saturated rings. The van der Waals surface area contributed by atoms with Crippen LogP contribution in [0, 0.1) is 18.8 Å². The number of aryl methyl sites for hydroxylation is 1. The van der Waals surface area contributed by atoms with E-state index < -0.39 is 0 Å². The molecule has 0 N–H and O–H groups in total. The molecule has 3 aromatic rings. The maximum Gasteiger partial charge on any atom is 0.107 e. The molecule has 4 nitrogen and oxygen atoms in total. The molecule has 0 unspecified atom stereocenters. The summed E-state index contributed by atoms with van der Waals surface area (Å²) in [7, 11) is 1.88. The number of thiophene rings is 1. The molecular weight excluding hydrogens is 354 g/mol. The summed E-state index contributed by atoms with van der Waals surface area (Å²) >= 11 is 1.87. The number of hydrogen-bond acceptors (Lipinski definition) is 4. The van der Waals surface area contributed by atoms with Crippen LogP contribution in [0.25, 0.3) is 11.0 Å². The molecule has 0 amide bonds. The van der Waals surface area contributed by atoms with Crippen molar-refractivity contribution >= 4 is 22.4 Å². The third-order valence-electron chi connectivity index (χ3n) is 6.53. The molecule has 1 aliphatic heterocycles. The number of benzene rings is 1. The zero-order valence-electron chi connectivity index (χ0n) is 16.0. The van der Waals surface area contributed by atoms with Crippen molar-refractivity contribution in [1.82, 2.24) is 14.5 Å². The highest BCUT2D eigenvalue weighted by Crippen LogP contribution is 2.44. The normalized spacial score (nSPS) is 28.7. The van der Waals surface area contributed by atoms with E-state index in [0.29, 0.717) is 6.04 Å². The molecule has 4 atom stereocenters. The van der Waals surface area contributed by atoms with Gasteiger partial charge >= 0.3 is 0 Å². The fraction of sp³-hybridized carbons (Fsp3) is 0.500. The predicted molar refractivity (Wildman–Crippen MR) is 110 cm³/mol. The van der Waals surface area contributed by atoms with Crippen LogP contribution in [0.4, 0.5) is 0 Å². The number of hydrogen-bond donors (Lipinski definition) is 0. The number of rotatable bonds is 4. The molecule has 27 heavy (non-hydrogen) atoms. The molecule has 0 bridgehead atoms. The average Bonchev–Trinajstić information content (AvgIpc) is 3.38. The monoisotopic (exact) mass is 381 g/mol. The predicted octanol–water partition coefficient (Wildman–Crippen LogP) is 4.50. The Balaban J connectivity index is 1.41. The fourth-order valence-electron chi connectivity index (χ4n) is 5.35. The Morgan fingerprint density at radius 3 is 2.70 bits per heavy atom. The van der Waals surface area contributed by atoms with Gasteiger partial charge in [-0.2, -0.15) is 0 Å². The van der Waals surface area contributed by atoms with Crippen molar-refractivity contribution in [1.29, 1.82) is 0 Å². The van der Waals surface area contributed by atoms with E-state index in [1.54, 1.807) is 0 Å². The van der Waals surface area contributed by atoms with Crippen LogP contribution in [0.5, 0.6) is 0 Å². The quantitative estimate of drug-likeness (QED) is 0.666. The smallest absolute Gasteiger partial charge is 0.107 e. The van der Waals surface area contributed by atoms with Crippen molar-refractivity contribution < 1.29 is 4.74 Å². The molecule has 1 aromatic carbocycles. The molecule has 1 saturated heterocycles. The summed E-state index contributed by atoms with van der Waals surface area (Å²) < 4.78 is 8.46. The zero-order chi connectivity index (χ0) is 18.4. The summed E-state index contributed by atoms with van der Waals surface area (Å²) in [5.41, 5.74) is 2.34. The minimum absolute atomic E-state index is 0.268. The molecule has 3 heterocycles. The van der Waals surface area contributed by atoms with Gasteiger partial charge in [0.2, 0.25) is 0 Å². The van der Waals surface area contributed by atoms with Crippen LogP contribution in [0.1, 0.15) is 29.6 Å². The van der Waals surface area contributed by atoms with Crippen molar-refractivity contribution in [3.8, 4) is 0 Å². The van der Waals surface area contributed by atoms with Crippen LogP contribution < -0.4 is 0 Å². The first-order chi connectivity index (χ1) is 13.2. The lowest BCUT2D eigenvalue weighted by Crippen LogP contribution is -2.37. The highest BCUT2D eigenvalue weighted by atomic mass is 32.1. The average molecular weight is 382 g/mol. The molecular formula is C22H27N3OS. The van der Waals surface area contributed by atoms with Crippen LogP contribution >= 0.6 is 11.3 Å². The standard InChI is InChI=1S/C22H27N3OS/c1-15-23-19-7-3-4-8-20(19)25(15)21-10-16-12-24(14-18-6-5-9-27-18)13-17(16)11-22(21)26-2/h3-9,16-17,21-22H,10-14H2,1-2H3/t16-,17+,21-,22-/m0/s1. The van der Waals surface area contributed by atoms with Crippen molar-refractivity contribution in [3.63, 3.8) is 0 Å². The maximum absolute atomic E-state index is 6.02. The number of para-hydroxylation sites is 2. The van der Waals surface area contributed by atoms with Crippen molar-refractivity contribution in [2.24, 2.45) is 11.8 Å². The molecule has 1 saturated carbocycles. The van der Waals surface area contributed by atoms with Crippen molar-refractivity contribution in [2.45, 2.75) is 38.5 Å².